The molecule has 4 heteroatoms. The number of nitriles is 1. The average Bonchev–Trinajstić information content (AvgIpc) is 2.26. The zero-order valence-electron chi connectivity index (χ0n) is 12.2. The third-order valence-corrected chi connectivity index (χ3v) is 3.04. The van der Waals surface area contributed by atoms with E-state index in [2.05, 4.69) is 11.4 Å². The highest BCUT2D eigenvalue weighted by Crippen LogP contribution is 2.27. The molecule has 1 atom stereocenters. The molecular weight excluding hydrogens is 243 g/mol. The minimum atomic E-state index is -0.820. The second-order valence-corrected chi connectivity index (χ2v) is 5.73. The van der Waals surface area contributed by atoms with Crippen molar-refractivity contribution < 1.29 is 9.13 Å². The van der Waals surface area contributed by atoms with Crippen molar-refractivity contribution >= 4 is 5.69 Å². The maximum atomic E-state index is 13.4. The molecule has 0 amide bonds. The van der Waals surface area contributed by atoms with Crippen molar-refractivity contribution in [1.82, 2.24) is 0 Å². The lowest BCUT2D eigenvalue weighted by atomic mass is 9.88. The molecule has 0 saturated heterocycles. The van der Waals surface area contributed by atoms with E-state index < -0.39 is 11.1 Å². The molecule has 0 aliphatic heterocycles. The Morgan fingerprint density at radius 1 is 1.32 bits per heavy atom. The fourth-order valence-corrected chi connectivity index (χ4v) is 2.16. The molecule has 3 nitrogen and oxygen atoms in total. The maximum Gasteiger partial charge on any atom is 0.125 e. The Kier molecular flexibility index (Phi) is 4.54. The lowest BCUT2D eigenvalue weighted by molar-refractivity contribution is 0.00725. The predicted octanol–water partition coefficient (Wildman–Crippen LogP) is 3.64. The molecule has 1 aromatic rings. The minimum absolute atomic E-state index is 0.311. The summed E-state index contributed by atoms with van der Waals surface area (Å²) in [5.41, 5.74) is 0.168. The molecule has 19 heavy (non-hydrogen) atoms. The lowest BCUT2D eigenvalue weighted by Crippen LogP contribution is -2.41. The highest BCUT2D eigenvalue weighted by Gasteiger charge is 2.32. The molecule has 0 saturated carbocycles. The number of aryl methyl sites for hydroxylation is 1. The molecule has 0 aliphatic rings. The van der Waals surface area contributed by atoms with E-state index in [1.165, 1.54) is 12.1 Å². The van der Waals surface area contributed by atoms with Crippen LogP contribution in [0.15, 0.2) is 18.2 Å². The lowest BCUT2D eigenvalue weighted by Gasteiger charge is -2.33. The largest absolute Gasteiger partial charge is 0.379 e. The molecule has 1 N–H and O–H groups in total. The van der Waals surface area contributed by atoms with Crippen LogP contribution in [0.4, 0.5) is 10.1 Å². The van der Waals surface area contributed by atoms with Crippen LogP contribution in [0.3, 0.4) is 0 Å². The van der Waals surface area contributed by atoms with Gasteiger partial charge in [-0.15, -0.1) is 0 Å². The van der Waals surface area contributed by atoms with Crippen LogP contribution in [0.5, 0.6) is 0 Å². The molecule has 0 spiro atoms. The van der Waals surface area contributed by atoms with Gasteiger partial charge in [0, 0.05) is 19.2 Å². The van der Waals surface area contributed by atoms with Crippen LogP contribution in [0, 0.1) is 24.1 Å². The van der Waals surface area contributed by atoms with E-state index >= 15 is 0 Å². The van der Waals surface area contributed by atoms with Gasteiger partial charge in [0.2, 0.25) is 0 Å². The Hall–Kier alpha value is -1.60. The number of anilines is 1. The second-order valence-electron chi connectivity index (χ2n) is 5.73. The molecule has 0 heterocycles. The van der Waals surface area contributed by atoms with Gasteiger partial charge in [-0.2, -0.15) is 5.26 Å². The number of nitrogens with one attached hydrogen (secondary N) is 1. The SMILES string of the molecule is COC(C)(C)CC(C)(C#N)Nc1cc(C)cc(F)c1. The zero-order valence-corrected chi connectivity index (χ0v) is 12.2. The van der Waals surface area contributed by atoms with Crippen LogP contribution < -0.4 is 5.32 Å². The summed E-state index contributed by atoms with van der Waals surface area (Å²) >= 11 is 0. The fourth-order valence-electron chi connectivity index (χ4n) is 2.16. The Balaban J connectivity index is 2.95. The molecule has 0 aliphatic carbocycles. The van der Waals surface area contributed by atoms with Gasteiger partial charge in [0.1, 0.15) is 11.4 Å². The first kappa shape index (κ1) is 15.5. The molecule has 1 aromatic carbocycles. The van der Waals surface area contributed by atoms with Gasteiger partial charge in [-0.3, -0.25) is 0 Å². The molecule has 0 fully saturated rings. The third-order valence-electron chi connectivity index (χ3n) is 3.04. The van der Waals surface area contributed by atoms with E-state index in [4.69, 9.17) is 4.74 Å². The fraction of sp³-hybridized carbons (Fsp3) is 0.533. The van der Waals surface area contributed by atoms with E-state index in [1.807, 2.05) is 26.8 Å². The number of methoxy groups -OCH3 is 1. The summed E-state index contributed by atoms with van der Waals surface area (Å²) in [6.45, 7) is 7.44. The van der Waals surface area contributed by atoms with Crippen molar-refractivity contribution in [2.75, 3.05) is 12.4 Å². The number of nitrogens with zero attached hydrogens (tertiary/aromatic N) is 1. The molecule has 1 rings (SSSR count). The minimum Gasteiger partial charge on any atom is -0.379 e. The van der Waals surface area contributed by atoms with Crippen molar-refractivity contribution in [1.29, 1.82) is 5.26 Å². The van der Waals surface area contributed by atoms with Crippen LogP contribution in [-0.2, 0) is 4.74 Å². The molecule has 0 bridgehead atoms. The summed E-state index contributed by atoms with van der Waals surface area (Å²) in [6.07, 6.45) is 0.489. The Morgan fingerprint density at radius 3 is 2.42 bits per heavy atom. The van der Waals surface area contributed by atoms with Gasteiger partial charge >= 0.3 is 0 Å². The molecule has 1 unspecified atom stereocenters. The van der Waals surface area contributed by atoms with E-state index in [-0.39, 0.29) is 5.82 Å². The number of hydrogen-bond acceptors (Lipinski definition) is 3. The molecule has 0 aromatic heterocycles. The van der Waals surface area contributed by atoms with E-state index in [9.17, 15) is 9.65 Å². The first-order chi connectivity index (χ1) is 8.69. The highest BCUT2D eigenvalue weighted by atomic mass is 19.1. The maximum absolute atomic E-state index is 13.4. The van der Waals surface area contributed by atoms with Crippen molar-refractivity contribution in [2.24, 2.45) is 0 Å². The van der Waals surface area contributed by atoms with Gasteiger partial charge in [0.25, 0.3) is 0 Å². The van der Waals surface area contributed by atoms with Crippen LogP contribution in [0.2, 0.25) is 0 Å². The zero-order chi connectivity index (χ0) is 14.7. The van der Waals surface area contributed by atoms with Crippen molar-refractivity contribution in [3.8, 4) is 6.07 Å². The summed E-state index contributed by atoms with van der Waals surface area (Å²) in [7, 11) is 1.62. The van der Waals surface area contributed by atoms with Gasteiger partial charge < -0.3 is 10.1 Å². The number of benzene rings is 1. The van der Waals surface area contributed by atoms with Gasteiger partial charge in [0.15, 0.2) is 0 Å². The second kappa shape index (κ2) is 5.58. The number of halogens is 1. The van der Waals surface area contributed by atoms with E-state index in [0.717, 1.165) is 5.56 Å². The van der Waals surface area contributed by atoms with E-state index in [1.54, 1.807) is 14.0 Å². The van der Waals surface area contributed by atoms with Crippen molar-refractivity contribution in [2.45, 2.75) is 45.3 Å². The summed E-state index contributed by atoms with van der Waals surface area (Å²) in [5, 5.41) is 12.5. The monoisotopic (exact) mass is 264 g/mol. The highest BCUT2D eigenvalue weighted by molar-refractivity contribution is 5.49. The van der Waals surface area contributed by atoms with Gasteiger partial charge in [-0.05, 0) is 51.5 Å². The Bertz CT molecular complexity index is 473. The smallest absolute Gasteiger partial charge is 0.125 e. The normalized spacial score (nSPS) is 14.6. The number of hydrogen-bond donors (Lipinski definition) is 1. The van der Waals surface area contributed by atoms with Gasteiger partial charge in [0.05, 0.1) is 11.7 Å². The first-order valence-corrected chi connectivity index (χ1v) is 6.21. The van der Waals surface area contributed by atoms with E-state index in [0.29, 0.717) is 12.1 Å². The third kappa shape index (κ3) is 4.53. The standard InChI is InChI=1S/C15H21FN2O/c1-11-6-12(16)8-13(7-11)18-15(4,10-17)9-14(2,3)19-5/h6-8,18H,9H2,1-5H3. The van der Waals surface area contributed by atoms with Crippen LogP contribution in [0.25, 0.3) is 0 Å². The number of ether oxygens (including phenoxy) is 1. The summed E-state index contributed by atoms with van der Waals surface area (Å²) < 4.78 is 18.7. The van der Waals surface area contributed by atoms with Crippen molar-refractivity contribution in [3.63, 3.8) is 0 Å². The molecular formula is C15H21FN2O. The van der Waals surface area contributed by atoms with Crippen LogP contribution in [0.1, 0.15) is 32.8 Å². The summed E-state index contributed by atoms with van der Waals surface area (Å²) in [6, 6.07) is 6.90. The summed E-state index contributed by atoms with van der Waals surface area (Å²) in [4.78, 5) is 0. The molecule has 104 valence electrons. The predicted molar refractivity (Wildman–Crippen MR) is 74.5 cm³/mol. The topological polar surface area (TPSA) is 45.0 Å². The average molecular weight is 264 g/mol. The molecule has 0 radical (unpaired) electrons. The van der Waals surface area contributed by atoms with Crippen molar-refractivity contribution in [3.05, 3.63) is 29.6 Å². The quantitative estimate of drug-likeness (QED) is 0.883. The van der Waals surface area contributed by atoms with Crippen LogP contribution >= 0.6 is 0 Å². The van der Waals surface area contributed by atoms with Gasteiger partial charge in [-0.1, -0.05) is 0 Å². The number of rotatable bonds is 5. The Labute approximate surface area is 114 Å². The van der Waals surface area contributed by atoms with Gasteiger partial charge in [-0.25, -0.2) is 4.39 Å². The summed E-state index contributed by atoms with van der Waals surface area (Å²) in [5.74, 6) is -0.311. The first-order valence-electron chi connectivity index (χ1n) is 6.21. The van der Waals surface area contributed by atoms with Crippen LogP contribution in [-0.4, -0.2) is 18.2 Å². The Morgan fingerprint density at radius 2 is 1.95 bits per heavy atom.